The fourth-order valence-electron chi connectivity index (χ4n) is 3.34. The number of nitriles is 1. The standard InChI is InChI=1S/C12H20N2O2S/c1-12(2)7-10(3-5-13)8-14(12)11-4-6-17(15,16)9-11/h10-11H,3-4,6-9H2,1-2H3. The minimum atomic E-state index is -2.82. The van der Waals surface area contributed by atoms with E-state index >= 15 is 0 Å². The number of nitrogens with zero attached hydrogens (tertiary/aromatic N) is 2. The van der Waals surface area contributed by atoms with Crippen molar-refractivity contribution >= 4 is 9.84 Å². The molecular weight excluding hydrogens is 236 g/mol. The topological polar surface area (TPSA) is 61.2 Å². The van der Waals surface area contributed by atoms with E-state index < -0.39 is 9.84 Å². The van der Waals surface area contributed by atoms with Gasteiger partial charge in [0, 0.05) is 24.5 Å². The molecule has 2 atom stereocenters. The van der Waals surface area contributed by atoms with Gasteiger partial charge in [-0.2, -0.15) is 5.26 Å². The first-order valence-corrected chi connectivity index (χ1v) is 8.00. The second-order valence-corrected chi connectivity index (χ2v) is 8.18. The van der Waals surface area contributed by atoms with Crippen LogP contribution in [0.2, 0.25) is 0 Å². The third-order valence-electron chi connectivity index (χ3n) is 4.05. The molecule has 2 aliphatic heterocycles. The quantitative estimate of drug-likeness (QED) is 0.744. The van der Waals surface area contributed by atoms with Crippen molar-refractivity contribution in [2.45, 2.75) is 44.7 Å². The summed E-state index contributed by atoms with van der Waals surface area (Å²) in [6, 6.07) is 2.40. The maximum absolute atomic E-state index is 11.5. The average Bonchev–Trinajstić information content (AvgIpc) is 2.67. The van der Waals surface area contributed by atoms with Crippen molar-refractivity contribution in [3.05, 3.63) is 0 Å². The Bertz CT molecular complexity index is 436. The van der Waals surface area contributed by atoms with Crippen molar-refractivity contribution in [1.29, 1.82) is 5.26 Å². The van der Waals surface area contributed by atoms with Crippen molar-refractivity contribution in [2.75, 3.05) is 18.1 Å². The lowest BCUT2D eigenvalue weighted by atomic mass is 9.94. The van der Waals surface area contributed by atoms with E-state index in [4.69, 9.17) is 5.26 Å². The summed E-state index contributed by atoms with van der Waals surface area (Å²) in [5, 5.41) is 8.77. The maximum Gasteiger partial charge on any atom is 0.151 e. The Morgan fingerprint density at radius 1 is 1.47 bits per heavy atom. The molecule has 0 bridgehead atoms. The molecule has 2 heterocycles. The molecule has 5 heteroatoms. The molecule has 0 spiro atoms. The summed E-state index contributed by atoms with van der Waals surface area (Å²) in [4.78, 5) is 2.32. The predicted molar refractivity (Wildman–Crippen MR) is 66.2 cm³/mol. The van der Waals surface area contributed by atoms with Gasteiger partial charge in [-0.05, 0) is 32.6 Å². The van der Waals surface area contributed by atoms with Gasteiger partial charge in [0.1, 0.15) is 0 Å². The van der Waals surface area contributed by atoms with Gasteiger partial charge < -0.3 is 0 Å². The average molecular weight is 256 g/mol. The van der Waals surface area contributed by atoms with Gasteiger partial charge in [0.2, 0.25) is 0 Å². The first kappa shape index (κ1) is 12.8. The Labute approximate surface area is 104 Å². The second-order valence-electron chi connectivity index (χ2n) is 5.95. The maximum atomic E-state index is 11.5. The van der Waals surface area contributed by atoms with E-state index in [0.717, 1.165) is 19.4 Å². The Kier molecular flexibility index (Phi) is 3.21. The van der Waals surface area contributed by atoms with Crippen molar-refractivity contribution in [2.24, 2.45) is 5.92 Å². The van der Waals surface area contributed by atoms with E-state index in [1.54, 1.807) is 0 Å². The minimum absolute atomic E-state index is 0.0338. The van der Waals surface area contributed by atoms with Gasteiger partial charge in [0.05, 0.1) is 17.6 Å². The van der Waals surface area contributed by atoms with E-state index in [1.807, 2.05) is 0 Å². The summed E-state index contributed by atoms with van der Waals surface area (Å²) in [5.74, 6) is 1.03. The summed E-state index contributed by atoms with van der Waals surface area (Å²) in [6.45, 7) is 5.20. The van der Waals surface area contributed by atoms with Crippen LogP contribution in [0.4, 0.5) is 0 Å². The first-order chi connectivity index (χ1) is 7.84. The molecule has 96 valence electrons. The van der Waals surface area contributed by atoms with Crippen molar-refractivity contribution in [1.82, 2.24) is 4.90 Å². The first-order valence-electron chi connectivity index (χ1n) is 6.18. The molecule has 0 amide bonds. The summed E-state index contributed by atoms with van der Waals surface area (Å²) in [6.07, 6.45) is 2.33. The fourth-order valence-corrected chi connectivity index (χ4v) is 5.07. The van der Waals surface area contributed by atoms with E-state index in [9.17, 15) is 8.42 Å². The SMILES string of the molecule is CC1(C)CC(CC#N)CN1C1CCS(=O)(=O)C1. The highest BCUT2D eigenvalue weighted by molar-refractivity contribution is 7.91. The molecule has 0 N–H and O–H groups in total. The van der Waals surface area contributed by atoms with Gasteiger partial charge in [-0.25, -0.2) is 8.42 Å². The minimum Gasteiger partial charge on any atom is -0.294 e. The summed E-state index contributed by atoms with van der Waals surface area (Å²) >= 11 is 0. The summed E-state index contributed by atoms with van der Waals surface area (Å²) in [7, 11) is -2.82. The molecule has 0 radical (unpaired) electrons. The largest absolute Gasteiger partial charge is 0.294 e. The molecule has 2 unspecified atom stereocenters. The lowest BCUT2D eigenvalue weighted by Gasteiger charge is -2.35. The molecular formula is C12H20N2O2S. The van der Waals surface area contributed by atoms with Crippen molar-refractivity contribution in [3.63, 3.8) is 0 Å². The molecule has 2 fully saturated rings. The Hall–Kier alpha value is -0.600. The van der Waals surface area contributed by atoms with Crippen LogP contribution in [0.3, 0.4) is 0 Å². The molecule has 0 aromatic rings. The zero-order valence-electron chi connectivity index (χ0n) is 10.5. The van der Waals surface area contributed by atoms with Gasteiger partial charge in [0.15, 0.2) is 9.84 Å². The third-order valence-corrected chi connectivity index (χ3v) is 5.80. The molecule has 2 rings (SSSR count). The molecule has 0 saturated carbocycles. The highest BCUT2D eigenvalue weighted by atomic mass is 32.2. The summed E-state index contributed by atoms with van der Waals surface area (Å²) in [5.41, 5.74) is 0.0338. The highest BCUT2D eigenvalue weighted by Gasteiger charge is 2.44. The van der Waals surface area contributed by atoms with Crippen LogP contribution in [0.1, 0.15) is 33.1 Å². The Balaban J connectivity index is 2.09. The van der Waals surface area contributed by atoms with Crippen LogP contribution in [0.5, 0.6) is 0 Å². The monoisotopic (exact) mass is 256 g/mol. The van der Waals surface area contributed by atoms with Crippen LogP contribution in [0.25, 0.3) is 0 Å². The molecule has 4 nitrogen and oxygen atoms in total. The van der Waals surface area contributed by atoms with Gasteiger partial charge in [-0.3, -0.25) is 4.90 Å². The van der Waals surface area contributed by atoms with Crippen LogP contribution in [-0.2, 0) is 9.84 Å². The van der Waals surface area contributed by atoms with Crippen molar-refractivity contribution in [3.8, 4) is 6.07 Å². The molecule has 17 heavy (non-hydrogen) atoms. The van der Waals surface area contributed by atoms with Crippen LogP contribution >= 0.6 is 0 Å². The predicted octanol–water partition coefficient (Wildman–Crippen LogP) is 1.19. The molecule has 0 aliphatic carbocycles. The van der Waals surface area contributed by atoms with Crippen LogP contribution in [0, 0.1) is 17.2 Å². The van der Waals surface area contributed by atoms with Gasteiger partial charge in [0.25, 0.3) is 0 Å². The van der Waals surface area contributed by atoms with E-state index in [1.165, 1.54) is 0 Å². The Morgan fingerprint density at radius 2 is 2.18 bits per heavy atom. The summed E-state index contributed by atoms with van der Waals surface area (Å²) < 4.78 is 23.1. The van der Waals surface area contributed by atoms with Crippen LogP contribution in [0.15, 0.2) is 0 Å². The van der Waals surface area contributed by atoms with E-state index in [2.05, 4.69) is 24.8 Å². The fraction of sp³-hybridized carbons (Fsp3) is 0.917. The molecule has 0 aromatic carbocycles. The number of likely N-dealkylation sites (tertiary alicyclic amines) is 1. The van der Waals surface area contributed by atoms with Crippen LogP contribution < -0.4 is 0 Å². The lowest BCUT2D eigenvalue weighted by Crippen LogP contribution is -2.46. The van der Waals surface area contributed by atoms with E-state index in [0.29, 0.717) is 23.8 Å². The lowest BCUT2D eigenvalue weighted by molar-refractivity contribution is 0.127. The van der Waals surface area contributed by atoms with Gasteiger partial charge in [-0.15, -0.1) is 0 Å². The van der Waals surface area contributed by atoms with Gasteiger partial charge >= 0.3 is 0 Å². The highest BCUT2D eigenvalue weighted by Crippen LogP contribution is 2.38. The Morgan fingerprint density at radius 3 is 2.71 bits per heavy atom. The molecule has 2 saturated heterocycles. The zero-order chi connectivity index (χ0) is 12.7. The third kappa shape index (κ3) is 2.63. The van der Waals surface area contributed by atoms with Gasteiger partial charge in [-0.1, -0.05) is 0 Å². The zero-order valence-corrected chi connectivity index (χ0v) is 11.3. The molecule has 2 aliphatic rings. The molecule has 0 aromatic heterocycles. The normalized spacial score (nSPS) is 35.8. The van der Waals surface area contributed by atoms with Crippen molar-refractivity contribution < 1.29 is 8.42 Å². The smallest absolute Gasteiger partial charge is 0.151 e. The number of rotatable bonds is 2. The number of hydrogen-bond donors (Lipinski definition) is 0. The number of hydrogen-bond acceptors (Lipinski definition) is 4. The second kappa shape index (κ2) is 4.25. The number of sulfone groups is 1. The van der Waals surface area contributed by atoms with Crippen LogP contribution in [-0.4, -0.2) is 42.9 Å². The van der Waals surface area contributed by atoms with E-state index in [-0.39, 0.29) is 11.6 Å².